The predicted molar refractivity (Wildman–Crippen MR) is 78.9 cm³/mol. The Labute approximate surface area is 120 Å². The van der Waals surface area contributed by atoms with Crippen molar-refractivity contribution in [2.24, 2.45) is 5.84 Å². The van der Waals surface area contributed by atoms with Crippen LogP contribution in [0.5, 0.6) is 11.6 Å². The van der Waals surface area contributed by atoms with Crippen LogP contribution in [0.2, 0.25) is 5.02 Å². The number of nitrogens with one attached hydrogen (secondary N) is 1. The lowest BCUT2D eigenvalue weighted by atomic mass is 10.1. The van der Waals surface area contributed by atoms with Crippen LogP contribution >= 0.6 is 11.6 Å². The third-order valence-corrected chi connectivity index (χ3v) is 3.14. The molecular weight excluding hydrogens is 276 g/mol. The summed E-state index contributed by atoms with van der Waals surface area (Å²) in [5.41, 5.74) is 2.42. The first-order chi connectivity index (χ1) is 9.78. The number of hydrogen-bond donors (Lipinski definition) is 2. The molecule has 1 aromatic heterocycles. The van der Waals surface area contributed by atoms with Crippen molar-refractivity contribution < 1.29 is 4.74 Å². The van der Waals surface area contributed by atoms with Gasteiger partial charge in [0.2, 0.25) is 5.88 Å². The quantitative estimate of drug-likeness (QED) is 0.570. The summed E-state index contributed by atoms with van der Waals surface area (Å²) >= 11 is 6.17. The fourth-order valence-electron chi connectivity index (χ4n) is 1.90. The lowest BCUT2D eigenvalue weighted by Crippen LogP contribution is -2.09. The number of hydrogen-bond acceptors (Lipinski definition) is 5. The number of rotatable bonds is 3. The van der Waals surface area contributed by atoms with Crippen LogP contribution in [-0.4, -0.2) is 9.97 Å². The van der Waals surface area contributed by atoms with Gasteiger partial charge >= 0.3 is 0 Å². The lowest BCUT2D eigenvalue weighted by molar-refractivity contribution is 0.466. The molecule has 0 fully saturated rings. The second-order valence-electron chi connectivity index (χ2n) is 4.08. The molecule has 3 rings (SSSR count). The Morgan fingerprint density at radius 2 is 1.85 bits per heavy atom. The molecular formula is C14H11ClN4O. The highest BCUT2D eigenvalue weighted by molar-refractivity contribution is 6.35. The smallest absolute Gasteiger partial charge is 0.239 e. The Balaban J connectivity index is 2.04. The van der Waals surface area contributed by atoms with E-state index >= 15 is 0 Å². The molecule has 6 heteroatoms. The topological polar surface area (TPSA) is 73.1 Å². The van der Waals surface area contributed by atoms with E-state index in [0.717, 1.165) is 10.8 Å². The first-order valence-corrected chi connectivity index (χ1v) is 6.29. The molecule has 0 bridgehead atoms. The molecule has 0 saturated carbocycles. The Hall–Kier alpha value is -2.37. The third kappa shape index (κ3) is 2.36. The Morgan fingerprint density at radius 3 is 2.65 bits per heavy atom. The van der Waals surface area contributed by atoms with Gasteiger partial charge in [-0.05, 0) is 12.1 Å². The van der Waals surface area contributed by atoms with E-state index in [0.29, 0.717) is 22.5 Å². The Morgan fingerprint density at radius 1 is 1.05 bits per heavy atom. The van der Waals surface area contributed by atoms with E-state index in [1.165, 1.54) is 12.4 Å². The summed E-state index contributed by atoms with van der Waals surface area (Å²) in [5, 5.41) is 2.51. The largest absolute Gasteiger partial charge is 0.437 e. The Bertz CT molecular complexity index is 763. The molecule has 0 aliphatic heterocycles. The maximum absolute atomic E-state index is 6.17. The lowest BCUT2D eigenvalue weighted by Gasteiger charge is -2.09. The number of nitrogen functional groups attached to an aromatic ring is 1. The van der Waals surface area contributed by atoms with Crippen LogP contribution in [0.15, 0.2) is 48.8 Å². The maximum atomic E-state index is 6.17. The zero-order valence-corrected chi connectivity index (χ0v) is 11.1. The van der Waals surface area contributed by atoms with E-state index in [9.17, 15) is 0 Å². The zero-order chi connectivity index (χ0) is 13.9. The minimum Gasteiger partial charge on any atom is -0.437 e. The van der Waals surface area contributed by atoms with E-state index < -0.39 is 0 Å². The molecule has 20 heavy (non-hydrogen) atoms. The highest BCUT2D eigenvalue weighted by Gasteiger charge is 2.07. The van der Waals surface area contributed by atoms with Crippen LogP contribution in [0.3, 0.4) is 0 Å². The van der Waals surface area contributed by atoms with Crippen molar-refractivity contribution in [2.75, 3.05) is 5.43 Å². The fourth-order valence-corrected chi connectivity index (χ4v) is 2.13. The standard InChI is InChI=1S/C14H11ClN4O/c15-11-5-6-12(10-4-2-1-3-9(10)11)20-14-8-17-7-13(18-14)19-16/h1-8H,16H2,(H,18,19). The summed E-state index contributed by atoms with van der Waals surface area (Å²) in [4.78, 5) is 8.16. The predicted octanol–water partition coefficient (Wildman–Crippen LogP) is 3.36. The molecule has 0 spiro atoms. The molecule has 2 aromatic carbocycles. The van der Waals surface area contributed by atoms with Crippen LogP contribution in [0, 0.1) is 0 Å². The first kappa shape index (κ1) is 12.7. The van der Waals surface area contributed by atoms with Crippen molar-refractivity contribution in [1.29, 1.82) is 0 Å². The number of fused-ring (bicyclic) bond motifs is 1. The highest BCUT2D eigenvalue weighted by Crippen LogP contribution is 2.33. The van der Waals surface area contributed by atoms with Gasteiger partial charge in [-0.3, -0.25) is 4.98 Å². The molecule has 0 aliphatic carbocycles. The summed E-state index contributed by atoms with van der Waals surface area (Å²) in [5.74, 6) is 6.74. The van der Waals surface area contributed by atoms with Crippen molar-refractivity contribution in [3.8, 4) is 11.6 Å². The van der Waals surface area contributed by atoms with Gasteiger partial charge < -0.3 is 10.2 Å². The summed E-state index contributed by atoms with van der Waals surface area (Å²) in [6, 6.07) is 11.3. The number of benzene rings is 2. The van der Waals surface area contributed by atoms with Gasteiger partial charge in [-0.1, -0.05) is 35.9 Å². The van der Waals surface area contributed by atoms with Crippen molar-refractivity contribution in [3.05, 3.63) is 53.8 Å². The summed E-state index contributed by atoms with van der Waals surface area (Å²) in [6.07, 6.45) is 3.02. The second kappa shape index (κ2) is 5.32. The molecule has 3 aromatic rings. The van der Waals surface area contributed by atoms with Crippen molar-refractivity contribution in [1.82, 2.24) is 9.97 Å². The van der Waals surface area contributed by atoms with Crippen molar-refractivity contribution in [2.45, 2.75) is 0 Å². The third-order valence-electron chi connectivity index (χ3n) is 2.81. The van der Waals surface area contributed by atoms with Crippen LogP contribution in [0.4, 0.5) is 5.82 Å². The fraction of sp³-hybridized carbons (Fsp3) is 0. The van der Waals surface area contributed by atoms with Crippen LogP contribution in [0.1, 0.15) is 0 Å². The van der Waals surface area contributed by atoms with E-state index in [-0.39, 0.29) is 0 Å². The normalized spacial score (nSPS) is 10.5. The van der Waals surface area contributed by atoms with Gasteiger partial charge in [0, 0.05) is 15.8 Å². The number of nitrogens with zero attached hydrogens (tertiary/aromatic N) is 2. The van der Waals surface area contributed by atoms with E-state index in [1.54, 1.807) is 12.1 Å². The molecule has 0 radical (unpaired) electrons. The van der Waals surface area contributed by atoms with Crippen LogP contribution in [0.25, 0.3) is 10.8 Å². The van der Waals surface area contributed by atoms with E-state index in [2.05, 4.69) is 15.4 Å². The summed E-state index contributed by atoms with van der Waals surface area (Å²) in [6.45, 7) is 0. The first-order valence-electron chi connectivity index (χ1n) is 5.91. The van der Waals surface area contributed by atoms with E-state index in [1.807, 2.05) is 24.3 Å². The van der Waals surface area contributed by atoms with Gasteiger partial charge in [-0.25, -0.2) is 5.84 Å². The zero-order valence-electron chi connectivity index (χ0n) is 10.4. The monoisotopic (exact) mass is 286 g/mol. The number of aromatic nitrogens is 2. The van der Waals surface area contributed by atoms with Gasteiger partial charge in [-0.2, -0.15) is 4.98 Å². The van der Waals surface area contributed by atoms with Crippen LogP contribution in [-0.2, 0) is 0 Å². The molecule has 0 atom stereocenters. The number of nitrogens with two attached hydrogens (primary N) is 1. The highest BCUT2D eigenvalue weighted by atomic mass is 35.5. The van der Waals surface area contributed by atoms with Crippen molar-refractivity contribution in [3.63, 3.8) is 0 Å². The SMILES string of the molecule is NNc1cncc(Oc2ccc(Cl)c3ccccc23)n1. The van der Waals surface area contributed by atoms with Gasteiger partial charge in [0.1, 0.15) is 5.75 Å². The van der Waals surface area contributed by atoms with E-state index in [4.69, 9.17) is 22.2 Å². The minimum atomic E-state index is 0.355. The molecule has 0 aliphatic rings. The average molecular weight is 287 g/mol. The summed E-state index contributed by atoms with van der Waals surface area (Å²) in [7, 11) is 0. The number of halogens is 1. The molecule has 0 saturated heterocycles. The van der Waals surface area contributed by atoms with Gasteiger partial charge in [0.25, 0.3) is 0 Å². The number of hydrazine groups is 1. The molecule has 100 valence electrons. The van der Waals surface area contributed by atoms with Crippen LogP contribution < -0.4 is 16.0 Å². The molecule has 1 heterocycles. The number of ether oxygens (including phenoxy) is 1. The molecule has 0 unspecified atom stereocenters. The minimum absolute atomic E-state index is 0.355. The Kier molecular flexibility index (Phi) is 3.37. The van der Waals surface area contributed by atoms with Gasteiger partial charge in [0.15, 0.2) is 5.82 Å². The van der Waals surface area contributed by atoms with Crippen molar-refractivity contribution >= 4 is 28.2 Å². The average Bonchev–Trinajstić information content (AvgIpc) is 2.51. The second-order valence-corrected chi connectivity index (χ2v) is 4.49. The maximum Gasteiger partial charge on any atom is 0.239 e. The van der Waals surface area contributed by atoms with Gasteiger partial charge in [0.05, 0.1) is 12.4 Å². The summed E-state index contributed by atoms with van der Waals surface area (Å²) < 4.78 is 5.76. The molecule has 3 N–H and O–H groups in total. The molecule has 0 amide bonds. The number of anilines is 1. The van der Waals surface area contributed by atoms with Gasteiger partial charge in [-0.15, -0.1) is 0 Å². The molecule has 5 nitrogen and oxygen atoms in total.